The van der Waals surface area contributed by atoms with Crippen molar-refractivity contribution in [3.63, 3.8) is 0 Å². The summed E-state index contributed by atoms with van der Waals surface area (Å²) in [6.07, 6.45) is 0. The standard InChI is InChI=1S/C20H30N2/c1-15(2)13-22(14-16(3)4)20(12-21)19-11-7-9-17-8-5-6-10-18(17)19/h5-11,15-16,20H,12-14,21H2,1-4H3. The minimum Gasteiger partial charge on any atom is -0.329 e. The highest BCUT2D eigenvalue weighted by molar-refractivity contribution is 5.86. The molecule has 0 saturated heterocycles. The van der Waals surface area contributed by atoms with Crippen molar-refractivity contribution >= 4 is 10.8 Å². The van der Waals surface area contributed by atoms with Crippen molar-refractivity contribution in [2.45, 2.75) is 33.7 Å². The number of rotatable bonds is 7. The first-order valence-electron chi connectivity index (χ1n) is 8.44. The van der Waals surface area contributed by atoms with Crippen molar-refractivity contribution in [1.82, 2.24) is 4.90 Å². The molecule has 0 aromatic heterocycles. The zero-order valence-corrected chi connectivity index (χ0v) is 14.4. The van der Waals surface area contributed by atoms with E-state index in [1.165, 1.54) is 16.3 Å². The van der Waals surface area contributed by atoms with Crippen LogP contribution in [0.4, 0.5) is 0 Å². The quantitative estimate of drug-likeness (QED) is 0.818. The molecule has 1 unspecified atom stereocenters. The van der Waals surface area contributed by atoms with Crippen LogP contribution in [0.5, 0.6) is 0 Å². The molecular weight excluding hydrogens is 268 g/mol. The van der Waals surface area contributed by atoms with Crippen molar-refractivity contribution in [2.75, 3.05) is 19.6 Å². The van der Waals surface area contributed by atoms with Gasteiger partial charge in [-0.3, -0.25) is 4.90 Å². The van der Waals surface area contributed by atoms with Crippen LogP contribution in [0.3, 0.4) is 0 Å². The maximum absolute atomic E-state index is 6.21. The molecule has 0 saturated carbocycles. The predicted molar refractivity (Wildman–Crippen MR) is 97.0 cm³/mol. The van der Waals surface area contributed by atoms with Gasteiger partial charge in [-0.1, -0.05) is 70.2 Å². The number of nitrogens with two attached hydrogens (primary N) is 1. The molecule has 2 heteroatoms. The first-order valence-corrected chi connectivity index (χ1v) is 8.44. The molecule has 2 nitrogen and oxygen atoms in total. The Hall–Kier alpha value is -1.38. The number of fused-ring (bicyclic) bond motifs is 1. The predicted octanol–water partition coefficient (Wildman–Crippen LogP) is 4.45. The minimum atomic E-state index is 0.288. The summed E-state index contributed by atoms with van der Waals surface area (Å²) in [5.41, 5.74) is 7.57. The Labute approximate surface area is 135 Å². The molecule has 2 aromatic rings. The molecule has 0 heterocycles. The highest BCUT2D eigenvalue weighted by atomic mass is 15.2. The van der Waals surface area contributed by atoms with Crippen LogP contribution in [0.1, 0.15) is 39.3 Å². The molecule has 2 aromatic carbocycles. The summed E-state index contributed by atoms with van der Waals surface area (Å²) in [5.74, 6) is 1.28. The molecule has 0 amide bonds. The zero-order valence-electron chi connectivity index (χ0n) is 14.4. The van der Waals surface area contributed by atoms with Crippen LogP contribution in [0.2, 0.25) is 0 Å². The van der Waals surface area contributed by atoms with E-state index in [1.807, 2.05) is 0 Å². The molecule has 0 bridgehead atoms. The highest BCUT2D eigenvalue weighted by Gasteiger charge is 2.22. The molecule has 0 aliphatic carbocycles. The van der Waals surface area contributed by atoms with E-state index >= 15 is 0 Å². The van der Waals surface area contributed by atoms with Gasteiger partial charge in [0.15, 0.2) is 0 Å². The van der Waals surface area contributed by atoms with E-state index in [0.717, 1.165) is 13.1 Å². The number of benzene rings is 2. The number of nitrogens with zero attached hydrogens (tertiary/aromatic N) is 1. The van der Waals surface area contributed by atoms with Crippen LogP contribution in [-0.2, 0) is 0 Å². The largest absolute Gasteiger partial charge is 0.329 e. The van der Waals surface area contributed by atoms with Gasteiger partial charge in [-0.05, 0) is 28.2 Å². The third-order valence-corrected chi connectivity index (χ3v) is 4.05. The first kappa shape index (κ1) is 17.0. The first-order chi connectivity index (χ1) is 10.5. The summed E-state index contributed by atoms with van der Waals surface area (Å²) in [6, 6.07) is 15.5. The molecule has 1 atom stereocenters. The summed E-state index contributed by atoms with van der Waals surface area (Å²) in [7, 11) is 0. The zero-order chi connectivity index (χ0) is 16.1. The van der Waals surface area contributed by atoms with E-state index in [4.69, 9.17) is 5.73 Å². The molecule has 2 N–H and O–H groups in total. The third-order valence-electron chi connectivity index (χ3n) is 4.05. The second kappa shape index (κ2) is 7.75. The Morgan fingerprint density at radius 3 is 2.05 bits per heavy atom. The van der Waals surface area contributed by atoms with E-state index in [9.17, 15) is 0 Å². The lowest BCUT2D eigenvalue weighted by atomic mass is 9.96. The van der Waals surface area contributed by atoms with Gasteiger partial charge in [-0.15, -0.1) is 0 Å². The lowest BCUT2D eigenvalue weighted by Crippen LogP contribution is -2.38. The van der Waals surface area contributed by atoms with E-state index < -0.39 is 0 Å². The lowest BCUT2D eigenvalue weighted by molar-refractivity contribution is 0.161. The van der Waals surface area contributed by atoms with E-state index in [0.29, 0.717) is 18.4 Å². The highest BCUT2D eigenvalue weighted by Crippen LogP contribution is 2.29. The molecular formula is C20H30N2. The van der Waals surface area contributed by atoms with Crippen molar-refractivity contribution < 1.29 is 0 Å². The lowest BCUT2D eigenvalue weighted by Gasteiger charge is -2.34. The number of hydrogen-bond donors (Lipinski definition) is 1. The minimum absolute atomic E-state index is 0.288. The van der Waals surface area contributed by atoms with Crippen LogP contribution in [0.25, 0.3) is 10.8 Å². The van der Waals surface area contributed by atoms with Crippen molar-refractivity contribution in [1.29, 1.82) is 0 Å². The normalized spacial score (nSPS) is 13.5. The Bertz CT molecular complexity index is 574. The second-order valence-electron chi connectivity index (χ2n) is 7.06. The van der Waals surface area contributed by atoms with Crippen molar-refractivity contribution in [3.05, 3.63) is 48.0 Å². The van der Waals surface area contributed by atoms with Crippen LogP contribution in [0, 0.1) is 11.8 Å². The molecule has 120 valence electrons. The molecule has 2 rings (SSSR count). The van der Waals surface area contributed by atoms with Gasteiger partial charge in [0, 0.05) is 25.7 Å². The van der Waals surface area contributed by atoms with E-state index in [-0.39, 0.29) is 6.04 Å². The number of hydrogen-bond acceptors (Lipinski definition) is 2. The summed E-state index contributed by atoms with van der Waals surface area (Å²) < 4.78 is 0. The van der Waals surface area contributed by atoms with E-state index in [2.05, 4.69) is 75.1 Å². The summed E-state index contributed by atoms with van der Waals surface area (Å²) in [6.45, 7) is 12.0. The Kier molecular flexibility index (Phi) is 5.98. The van der Waals surface area contributed by atoms with Gasteiger partial charge >= 0.3 is 0 Å². The summed E-state index contributed by atoms with van der Waals surface area (Å²) >= 11 is 0. The SMILES string of the molecule is CC(C)CN(CC(C)C)C(CN)c1cccc2ccccc12. The molecule has 0 fully saturated rings. The topological polar surface area (TPSA) is 29.3 Å². The monoisotopic (exact) mass is 298 g/mol. The van der Waals surface area contributed by atoms with Crippen LogP contribution >= 0.6 is 0 Å². The third kappa shape index (κ3) is 4.08. The average Bonchev–Trinajstić information content (AvgIpc) is 2.47. The fourth-order valence-corrected chi connectivity index (χ4v) is 3.28. The van der Waals surface area contributed by atoms with Crippen LogP contribution in [0.15, 0.2) is 42.5 Å². The van der Waals surface area contributed by atoms with Gasteiger partial charge in [-0.2, -0.15) is 0 Å². The maximum Gasteiger partial charge on any atom is 0.0476 e. The average molecular weight is 298 g/mol. The fourth-order valence-electron chi connectivity index (χ4n) is 3.28. The Balaban J connectivity index is 2.42. The molecule has 0 spiro atoms. The Morgan fingerprint density at radius 1 is 0.864 bits per heavy atom. The van der Waals surface area contributed by atoms with E-state index in [1.54, 1.807) is 0 Å². The van der Waals surface area contributed by atoms with Gasteiger partial charge in [0.1, 0.15) is 0 Å². The molecule has 0 aliphatic heterocycles. The van der Waals surface area contributed by atoms with Crippen molar-refractivity contribution in [3.8, 4) is 0 Å². The fraction of sp³-hybridized carbons (Fsp3) is 0.500. The summed E-state index contributed by atoms with van der Waals surface area (Å²) in [4.78, 5) is 2.57. The molecule has 0 aliphatic rings. The van der Waals surface area contributed by atoms with Crippen molar-refractivity contribution in [2.24, 2.45) is 17.6 Å². The second-order valence-corrected chi connectivity index (χ2v) is 7.06. The van der Waals surface area contributed by atoms with Crippen LogP contribution in [-0.4, -0.2) is 24.5 Å². The van der Waals surface area contributed by atoms with Gasteiger partial charge in [0.25, 0.3) is 0 Å². The maximum atomic E-state index is 6.21. The smallest absolute Gasteiger partial charge is 0.0476 e. The van der Waals surface area contributed by atoms with Gasteiger partial charge in [0.05, 0.1) is 0 Å². The molecule has 0 radical (unpaired) electrons. The Morgan fingerprint density at radius 2 is 1.45 bits per heavy atom. The summed E-state index contributed by atoms with van der Waals surface area (Å²) in [5, 5.41) is 2.63. The van der Waals surface area contributed by atoms with Crippen LogP contribution < -0.4 is 5.73 Å². The van der Waals surface area contributed by atoms with Gasteiger partial charge in [-0.25, -0.2) is 0 Å². The van der Waals surface area contributed by atoms with Gasteiger partial charge in [0.2, 0.25) is 0 Å². The molecule has 22 heavy (non-hydrogen) atoms. The van der Waals surface area contributed by atoms with Gasteiger partial charge < -0.3 is 5.73 Å².